The maximum atomic E-state index is 11.6. The Hall–Kier alpha value is -1.13. The summed E-state index contributed by atoms with van der Waals surface area (Å²) in [5.41, 5.74) is -0.793. The van der Waals surface area contributed by atoms with Crippen molar-refractivity contribution in [1.29, 1.82) is 0 Å². The number of hydrogen-bond acceptors (Lipinski definition) is 4. The molecule has 15 heavy (non-hydrogen) atoms. The van der Waals surface area contributed by atoms with Crippen molar-refractivity contribution in [1.82, 2.24) is 4.90 Å². The second-order valence-electron chi connectivity index (χ2n) is 4.39. The van der Waals surface area contributed by atoms with Gasteiger partial charge in [-0.15, -0.1) is 0 Å². The van der Waals surface area contributed by atoms with Gasteiger partial charge in [0.1, 0.15) is 0 Å². The van der Waals surface area contributed by atoms with Gasteiger partial charge in [0.15, 0.2) is 5.76 Å². The van der Waals surface area contributed by atoms with E-state index in [1.54, 1.807) is 37.9 Å². The van der Waals surface area contributed by atoms with Gasteiger partial charge >= 0.3 is 0 Å². The third-order valence-corrected chi connectivity index (χ3v) is 1.87. The Morgan fingerprint density at radius 1 is 1.60 bits per heavy atom. The van der Waals surface area contributed by atoms with Crippen LogP contribution in [0.3, 0.4) is 0 Å². The van der Waals surface area contributed by atoms with Crippen molar-refractivity contribution in [3.63, 3.8) is 0 Å². The lowest BCUT2D eigenvalue weighted by molar-refractivity contribution is 0.0434. The topological polar surface area (TPSA) is 53.7 Å². The molecule has 0 bridgehead atoms. The van der Waals surface area contributed by atoms with E-state index in [-0.39, 0.29) is 12.3 Å². The Morgan fingerprint density at radius 2 is 2.27 bits per heavy atom. The second kappa shape index (κ2) is 4.59. The first-order valence-corrected chi connectivity index (χ1v) is 4.86. The summed E-state index contributed by atoms with van der Waals surface area (Å²) in [5.74, 6) is 0.282. The number of carbonyl (C=O) groups is 1. The Kier molecular flexibility index (Phi) is 3.66. The largest absolute Gasteiger partial charge is 0.461 e. The van der Waals surface area contributed by atoms with Crippen LogP contribution in [-0.4, -0.2) is 41.5 Å². The quantitative estimate of drug-likeness (QED) is 0.743. The average Bonchev–Trinajstić information content (AvgIpc) is 2.50. The van der Waals surface area contributed by atoms with E-state index < -0.39 is 5.60 Å². The summed E-state index contributed by atoms with van der Waals surface area (Å²) in [5, 5.41) is 9.56. The molecule has 0 saturated heterocycles. The Balaban J connectivity index is 2.45. The van der Waals surface area contributed by atoms with Crippen molar-refractivity contribution in [2.24, 2.45) is 0 Å². The molecule has 4 heteroatoms. The maximum absolute atomic E-state index is 11.6. The zero-order valence-corrected chi connectivity index (χ0v) is 9.36. The minimum absolute atomic E-state index is 0.0771. The number of ketones is 1. The normalized spacial score (nSPS) is 12.1. The van der Waals surface area contributed by atoms with Crippen LogP contribution >= 0.6 is 0 Å². The molecule has 1 rings (SSSR count). The van der Waals surface area contributed by atoms with Crippen molar-refractivity contribution in [3.8, 4) is 0 Å². The number of Topliss-reactive ketones (excluding diaryl/α,β-unsaturated/α-hetero) is 1. The highest BCUT2D eigenvalue weighted by Gasteiger charge is 2.18. The fourth-order valence-corrected chi connectivity index (χ4v) is 1.48. The maximum Gasteiger partial charge on any atom is 0.211 e. The third-order valence-electron chi connectivity index (χ3n) is 1.87. The van der Waals surface area contributed by atoms with E-state index in [1.807, 2.05) is 0 Å². The molecule has 0 unspecified atom stereocenters. The molecule has 0 spiro atoms. The SMILES string of the molecule is CN(CC(=O)c1ccco1)CC(C)(C)O. The van der Waals surface area contributed by atoms with E-state index in [9.17, 15) is 9.90 Å². The molecule has 0 atom stereocenters. The van der Waals surface area contributed by atoms with Crippen LogP contribution < -0.4 is 0 Å². The van der Waals surface area contributed by atoms with Crippen LogP contribution in [0.4, 0.5) is 0 Å². The third kappa shape index (κ3) is 4.27. The van der Waals surface area contributed by atoms with Gasteiger partial charge in [-0.3, -0.25) is 9.69 Å². The molecule has 84 valence electrons. The summed E-state index contributed by atoms with van der Waals surface area (Å²) in [4.78, 5) is 13.4. The Bertz CT molecular complexity index is 311. The average molecular weight is 211 g/mol. The van der Waals surface area contributed by atoms with Crippen molar-refractivity contribution >= 4 is 5.78 Å². The van der Waals surface area contributed by atoms with Crippen molar-refractivity contribution in [2.75, 3.05) is 20.1 Å². The summed E-state index contributed by atoms with van der Waals surface area (Å²) < 4.78 is 4.99. The number of likely N-dealkylation sites (N-methyl/N-ethyl adjacent to an activating group) is 1. The summed E-state index contributed by atoms with van der Waals surface area (Å²) >= 11 is 0. The summed E-state index contributed by atoms with van der Waals surface area (Å²) in [6.45, 7) is 4.11. The van der Waals surface area contributed by atoms with Gasteiger partial charge in [0.25, 0.3) is 0 Å². The highest BCUT2D eigenvalue weighted by atomic mass is 16.3. The first kappa shape index (κ1) is 11.9. The number of aliphatic hydroxyl groups is 1. The highest BCUT2D eigenvalue weighted by molar-refractivity contribution is 5.94. The molecular formula is C11H17NO3. The van der Waals surface area contributed by atoms with Gasteiger partial charge in [-0.25, -0.2) is 0 Å². The lowest BCUT2D eigenvalue weighted by Gasteiger charge is -2.24. The predicted octanol–water partition coefficient (Wildman–Crippen LogP) is 1.16. The number of hydrogen-bond donors (Lipinski definition) is 1. The molecule has 0 aromatic carbocycles. The highest BCUT2D eigenvalue weighted by Crippen LogP contribution is 2.06. The molecule has 0 aliphatic rings. The molecule has 0 aliphatic carbocycles. The minimum atomic E-state index is -0.793. The monoisotopic (exact) mass is 211 g/mol. The van der Waals surface area contributed by atoms with Gasteiger partial charge in [-0.05, 0) is 33.0 Å². The van der Waals surface area contributed by atoms with Crippen LogP contribution in [0, 0.1) is 0 Å². The number of carbonyl (C=O) groups excluding carboxylic acids is 1. The molecule has 0 amide bonds. The van der Waals surface area contributed by atoms with E-state index in [1.165, 1.54) is 6.26 Å². The minimum Gasteiger partial charge on any atom is -0.461 e. The van der Waals surface area contributed by atoms with Crippen LogP contribution in [-0.2, 0) is 0 Å². The fourth-order valence-electron chi connectivity index (χ4n) is 1.48. The molecule has 1 heterocycles. The second-order valence-corrected chi connectivity index (χ2v) is 4.39. The standard InChI is InChI=1S/C11H17NO3/c1-11(2,14)8-12(3)7-9(13)10-5-4-6-15-10/h4-6,14H,7-8H2,1-3H3. The number of nitrogens with zero attached hydrogens (tertiary/aromatic N) is 1. The van der Waals surface area contributed by atoms with Gasteiger partial charge < -0.3 is 9.52 Å². The van der Waals surface area contributed by atoms with E-state index in [2.05, 4.69) is 0 Å². The first-order chi connectivity index (χ1) is 6.88. The van der Waals surface area contributed by atoms with Crippen LogP contribution in [0.15, 0.2) is 22.8 Å². The molecule has 0 aliphatic heterocycles. The van der Waals surface area contributed by atoms with Gasteiger partial charge in [-0.2, -0.15) is 0 Å². The van der Waals surface area contributed by atoms with Crippen molar-refractivity contribution in [3.05, 3.63) is 24.2 Å². The molecule has 4 nitrogen and oxygen atoms in total. The van der Waals surface area contributed by atoms with Crippen LogP contribution in [0.5, 0.6) is 0 Å². The molecule has 1 N–H and O–H groups in total. The predicted molar refractivity (Wildman–Crippen MR) is 56.8 cm³/mol. The molecule has 1 aromatic heterocycles. The zero-order chi connectivity index (χ0) is 11.5. The summed E-state index contributed by atoms with van der Waals surface area (Å²) in [6, 6.07) is 3.32. The van der Waals surface area contributed by atoms with Crippen molar-refractivity contribution < 1.29 is 14.3 Å². The smallest absolute Gasteiger partial charge is 0.211 e. The molecule has 0 saturated carbocycles. The molecule has 0 fully saturated rings. The summed E-state index contributed by atoms with van der Waals surface area (Å²) in [6.07, 6.45) is 1.48. The molecule has 1 aromatic rings. The Labute approximate surface area is 89.5 Å². The number of rotatable bonds is 5. The van der Waals surface area contributed by atoms with Gasteiger partial charge in [0.2, 0.25) is 5.78 Å². The van der Waals surface area contributed by atoms with Gasteiger partial charge in [0.05, 0.1) is 18.4 Å². The van der Waals surface area contributed by atoms with Crippen LogP contribution in [0.1, 0.15) is 24.4 Å². The van der Waals surface area contributed by atoms with Crippen LogP contribution in [0.2, 0.25) is 0 Å². The van der Waals surface area contributed by atoms with Gasteiger partial charge in [-0.1, -0.05) is 0 Å². The zero-order valence-electron chi connectivity index (χ0n) is 9.36. The first-order valence-electron chi connectivity index (χ1n) is 4.86. The van der Waals surface area contributed by atoms with E-state index in [0.717, 1.165) is 0 Å². The Morgan fingerprint density at radius 3 is 2.73 bits per heavy atom. The van der Waals surface area contributed by atoms with E-state index in [0.29, 0.717) is 12.3 Å². The lowest BCUT2D eigenvalue weighted by Crippen LogP contribution is -2.38. The number of furan rings is 1. The van der Waals surface area contributed by atoms with E-state index >= 15 is 0 Å². The lowest BCUT2D eigenvalue weighted by atomic mass is 10.1. The molecular weight excluding hydrogens is 194 g/mol. The van der Waals surface area contributed by atoms with E-state index in [4.69, 9.17) is 4.42 Å². The van der Waals surface area contributed by atoms with Crippen molar-refractivity contribution in [2.45, 2.75) is 19.4 Å². The molecule has 0 radical (unpaired) electrons. The summed E-state index contributed by atoms with van der Waals surface area (Å²) in [7, 11) is 1.79. The van der Waals surface area contributed by atoms with Gasteiger partial charge in [0, 0.05) is 6.54 Å². The fraction of sp³-hybridized carbons (Fsp3) is 0.545. The van der Waals surface area contributed by atoms with Crippen LogP contribution in [0.25, 0.3) is 0 Å².